The minimum absolute atomic E-state index is 0.0710. The van der Waals surface area contributed by atoms with E-state index in [1.165, 1.54) is 36.6 Å². The second kappa shape index (κ2) is 9.65. The van der Waals surface area contributed by atoms with Gasteiger partial charge in [-0.05, 0) is 36.0 Å². The Hall–Kier alpha value is -2.02. The molecule has 3 rings (SSSR count). The largest absolute Gasteiger partial charge is 0.486 e. The summed E-state index contributed by atoms with van der Waals surface area (Å²) in [6, 6.07) is 8.51. The molecular weight excluding hydrogens is 384 g/mol. The van der Waals surface area contributed by atoms with Gasteiger partial charge in [-0.25, -0.2) is 0 Å². The van der Waals surface area contributed by atoms with E-state index in [0.29, 0.717) is 18.4 Å². The standard InChI is InChI=1S/C22H32N4O2S/c1-22(2,3)16-10-12-18(13-11-16)28-14-19-24-25-21(26(19)4)29-15-20(27)23-17-8-6-5-7-9-17/h10-13,17H,5-9,14-15H2,1-4H3,(H,23,27). The van der Waals surface area contributed by atoms with Crippen molar-refractivity contribution in [1.82, 2.24) is 20.1 Å². The number of amides is 1. The highest BCUT2D eigenvalue weighted by Crippen LogP contribution is 2.25. The van der Waals surface area contributed by atoms with E-state index in [1.54, 1.807) is 0 Å². The van der Waals surface area contributed by atoms with Crippen molar-refractivity contribution in [2.75, 3.05) is 5.75 Å². The second-order valence-electron chi connectivity index (χ2n) is 8.71. The van der Waals surface area contributed by atoms with Crippen molar-refractivity contribution < 1.29 is 9.53 Å². The Balaban J connectivity index is 1.48. The molecule has 0 spiro atoms. The number of aromatic nitrogens is 3. The lowest BCUT2D eigenvalue weighted by molar-refractivity contribution is -0.119. The lowest BCUT2D eigenvalue weighted by atomic mass is 9.87. The van der Waals surface area contributed by atoms with Crippen LogP contribution in [0.25, 0.3) is 0 Å². The number of carbonyl (C=O) groups excluding carboxylic acids is 1. The molecule has 1 amide bonds. The fraction of sp³-hybridized carbons (Fsp3) is 0.591. The molecule has 1 fully saturated rings. The van der Waals surface area contributed by atoms with Crippen LogP contribution in [0.3, 0.4) is 0 Å². The van der Waals surface area contributed by atoms with Gasteiger partial charge in [-0.2, -0.15) is 0 Å². The number of hydrogen-bond acceptors (Lipinski definition) is 5. The van der Waals surface area contributed by atoms with Crippen LogP contribution in [-0.4, -0.2) is 32.5 Å². The molecule has 29 heavy (non-hydrogen) atoms. The zero-order valence-electron chi connectivity index (χ0n) is 17.9. The molecule has 0 atom stereocenters. The van der Waals surface area contributed by atoms with Crippen molar-refractivity contribution in [3.63, 3.8) is 0 Å². The van der Waals surface area contributed by atoms with E-state index in [-0.39, 0.29) is 11.3 Å². The van der Waals surface area contributed by atoms with Crippen molar-refractivity contribution in [3.8, 4) is 5.75 Å². The molecule has 1 heterocycles. The first kappa shape index (κ1) is 21.7. The van der Waals surface area contributed by atoms with E-state index in [4.69, 9.17) is 4.74 Å². The van der Waals surface area contributed by atoms with Gasteiger partial charge in [0.05, 0.1) is 5.75 Å². The Bertz CT molecular complexity index is 805. The van der Waals surface area contributed by atoms with Gasteiger partial charge in [0.2, 0.25) is 5.91 Å². The van der Waals surface area contributed by atoms with Gasteiger partial charge in [0.25, 0.3) is 0 Å². The molecule has 1 aliphatic carbocycles. The van der Waals surface area contributed by atoms with Gasteiger partial charge in [-0.3, -0.25) is 4.79 Å². The third-order valence-corrected chi connectivity index (χ3v) is 6.34. The van der Waals surface area contributed by atoms with Crippen molar-refractivity contribution in [2.45, 2.75) is 76.1 Å². The summed E-state index contributed by atoms with van der Waals surface area (Å²) in [5, 5.41) is 12.3. The fourth-order valence-electron chi connectivity index (χ4n) is 3.44. The summed E-state index contributed by atoms with van der Waals surface area (Å²) in [4.78, 5) is 12.2. The van der Waals surface area contributed by atoms with E-state index in [9.17, 15) is 4.79 Å². The van der Waals surface area contributed by atoms with E-state index >= 15 is 0 Å². The van der Waals surface area contributed by atoms with Gasteiger partial charge in [-0.15, -0.1) is 10.2 Å². The maximum absolute atomic E-state index is 12.2. The summed E-state index contributed by atoms with van der Waals surface area (Å²) in [6.45, 7) is 6.92. The Morgan fingerprint density at radius 3 is 2.52 bits per heavy atom. The van der Waals surface area contributed by atoms with Gasteiger partial charge in [0.1, 0.15) is 12.4 Å². The fourth-order valence-corrected chi connectivity index (χ4v) is 4.18. The van der Waals surface area contributed by atoms with E-state index in [0.717, 1.165) is 29.6 Å². The molecule has 158 valence electrons. The lowest BCUT2D eigenvalue weighted by Crippen LogP contribution is -2.37. The van der Waals surface area contributed by atoms with Crippen LogP contribution < -0.4 is 10.1 Å². The molecule has 2 aromatic rings. The molecule has 1 aliphatic rings. The molecule has 1 N–H and O–H groups in total. The minimum atomic E-state index is 0.0710. The summed E-state index contributed by atoms with van der Waals surface area (Å²) in [5.74, 6) is 1.97. The molecular formula is C22H32N4O2S. The van der Waals surface area contributed by atoms with Gasteiger partial charge in [0.15, 0.2) is 11.0 Å². The summed E-state index contributed by atoms with van der Waals surface area (Å²) >= 11 is 1.41. The zero-order chi connectivity index (χ0) is 20.9. The third-order valence-electron chi connectivity index (χ3n) is 5.32. The average molecular weight is 417 g/mol. The number of nitrogens with zero attached hydrogens (tertiary/aromatic N) is 3. The molecule has 1 aromatic carbocycles. The molecule has 0 saturated heterocycles. The number of thioether (sulfide) groups is 1. The van der Waals surface area contributed by atoms with E-state index in [2.05, 4.69) is 48.4 Å². The van der Waals surface area contributed by atoms with Crippen molar-refractivity contribution >= 4 is 17.7 Å². The number of nitrogens with one attached hydrogen (secondary N) is 1. The van der Waals surface area contributed by atoms with E-state index < -0.39 is 0 Å². The highest BCUT2D eigenvalue weighted by molar-refractivity contribution is 7.99. The molecule has 7 heteroatoms. The molecule has 1 saturated carbocycles. The Kier molecular flexibility index (Phi) is 7.22. The highest BCUT2D eigenvalue weighted by Gasteiger charge is 2.17. The molecule has 0 radical (unpaired) electrons. The van der Waals surface area contributed by atoms with Crippen LogP contribution in [0, 0.1) is 0 Å². The third kappa shape index (κ3) is 6.23. The summed E-state index contributed by atoms with van der Waals surface area (Å²) in [5.41, 5.74) is 1.39. The Morgan fingerprint density at radius 2 is 1.86 bits per heavy atom. The van der Waals surface area contributed by atoms with Crippen molar-refractivity contribution in [2.24, 2.45) is 7.05 Å². The van der Waals surface area contributed by atoms with Gasteiger partial charge in [-0.1, -0.05) is 63.9 Å². The summed E-state index contributed by atoms with van der Waals surface area (Å²) in [7, 11) is 1.91. The van der Waals surface area contributed by atoms with Crippen LogP contribution in [0.2, 0.25) is 0 Å². The predicted molar refractivity (Wildman–Crippen MR) is 116 cm³/mol. The monoisotopic (exact) mass is 416 g/mol. The smallest absolute Gasteiger partial charge is 0.230 e. The van der Waals surface area contributed by atoms with Crippen LogP contribution in [0.5, 0.6) is 5.75 Å². The first-order valence-corrected chi connectivity index (χ1v) is 11.4. The Labute approximate surface area is 177 Å². The van der Waals surface area contributed by atoms with Gasteiger partial charge >= 0.3 is 0 Å². The quantitative estimate of drug-likeness (QED) is 0.684. The summed E-state index contributed by atoms with van der Waals surface area (Å²) < 4.78 is 7.76. The highest BCUT2D eigenvalue weighted by atomic mass is 32.2. The normalized spacial score (nSPS) is 15.3. The SMILES string of the molecule is Cn1c(COc2ccc(C(C)(C)C)cc2)nnc1SCC(=O)NC1CCCCC1. The number of carbonyl (C=O) groups is 1. The Morgan fingerprint density at radius 1 is 1.17 bits per heavy atom. The first-order valence-electron chi connectivity index (χ1n) is 10.4. The van der Waals surface area contributed by atoms with Gasteiger partial charge < -0.3 is 14.6 Å². The van der Waals surface area contributed by atoms with E-state index in [1.807, 2.05) is 23.7 Å². The molecule has 6 nitrogen and oxygen atoms in total. The zero-order valence-corrected chi connectivity index (χ0v) is 18.7. The van der Waals surface area contributed by atoms with Crippen LogP contribution in [-0.2, 0) is 23.9 Å². The first-order chi connectivity index (χ1) is 13.8. The maximum atomic E-state index is 12.2. The molecule has 0 bridgehead atoms. The summed E-state index contributed by atoms with van der Waals surface area (Å²) in [6.07, 6.45) is 5.90. The maximum Gasteiger partial charge on any atom is 0.230 e. The molecule has 1 aromatic heterocycles. The minimum Gasteiger partial charge on any atom is -0.486 e. The van der Waals surface area contributed by atoms with Crippen LogP contribution in [0.15, 0.2) is 29.4 Å². The topological polar surface area (TPSA) is 69.0 Å². The second-order valence-corrected chi connectivity index (χ2v) is 9.65. The van der Waals surface area contributed by atoms with Gasteiger partial charge in [0, 0.05) is 13.1 Å². The number of benzene rings is 1. The molecule has 0 unspecified atom stereocenters. The van der Waals surface area contributed by atoms with Crippen molar-refractivity contribution in [1.29, 1.82) is 0 Å². The predicted octanol–water partition coefficient (Wildman–Crippen LogP) is 4.23. The van der Waals surface area contributed by atoms with Crippen LogP contribution in [0.4, 0.5) is 0 Å². The van der Waals surface area contributed by atoms with Crippen LogP contribution >= 0.6 is 11.8 Å². The number of rotatable bonds is 7. The van der Waals surface area contributed by atoms with Crippen LogP contribution in [0.1, 0.15) is 64.3 Å². The number of ether oxygens (including phenoxy) is 1. The van der Waals surface area contributed by atoms with Crippen molar-refractivity contribution in [3.05, 3.63) is 35.7 Å². The molecule has 0 aliphatic heterocycles. The lowest BCUT2D eigenvalue weighted by Gasteiger charge is -2.22. The number of hydrogen-bond donors (Lipinski definition) is 1. The average Bonchev–Trinajstić information content (AvgIpc) is 3.05.